The molecule has 0 radical (unpaired) electrons. The zero-order valence-corrected chi connectivity index (χ0v) is 13.2. The molecule has 1 aromatic carbocycles. The van der Waals surface area contributed by atoms with Gasteiger partial charge in [0.1, 0.15) is 5.82 Å². The minimum Gasteiger partial charge on any atom is -0.396 e. The minimum absolute atomic E-state index is 0.0551. The summed E-state index contributed by atoms with van der Waals surface area (Å²) >= 11 is 1.57. The van der Waals surface area contributed by atoms with E-state index in [-0.39, 0.29) is 23.2 Å². The predicted molar refractivity (Wildman–Crippen MR) is 90.7 cm³/mol. The number of carbonyl (C=O) groups is 1. The zero-order valence-electron chi connectivity index (χ0n) is 12.4. The maximum atomic E-state index is 14.0. The number of nitrogen functional groups attached to an aromatic ring is 1. The van der Waals surface area contributed by atoms with Gasteiger partial charge in [-0.3, -0.25) is 10.2 Å². The van der Waals surface area contributed by atoms with Gasteiger partial charge in [0.25, 0.3) is 5.91 Å². The van der Waals surface area contributed by atoms with E-state index >= 15 is 0 Å². The van der Waals surface area contributed by atoms with E-state index in [1.807, 2.05) is 22.9 Å². The first-order valence-electron chi connectivity index (χ1n) is 7.27. The summed E-state index contributed by atoms with van der Waals surface area (Å²) in [5.41, 5.74) is 7.59. The molecule has 1 heterocycles. The highest BCUT2D eigenvalue weighted by molar-refractivity contribution is 7.08. The molecule has 118 valence electrons. The Hall–Kier alpha value is -2.47. The molecule has 0 aliphatic heterocycles. The summed E-state index contributed by atoms with van der Waals surface area (Å²) in [5, 5.41) is 12.8. The van der Waals surface area contributed by atoms with Crippen molar-refractivity contribution in [1.82, 2.24) is 5.32 Å². The molecular weight excluding hydrogens is 313 g/mol. The minimum atomic E-state index is -0.643. The summed E-state index contributed by atoms with van der Waals surface area (Å²) in [6, 6.07) is 4.82. The average Bonchev–Trinajstić information content (AvgIpc) is 3.18. The average molecular weight is 330 g/mol. The molecule has 1 amide bonds. The van der Waals surface area contributed by atoms with Crippen LogP contribution in [-0.2, 0) is 0 Å². The van der Waals surface area contributed by atoms with E-state index in [0.717, 1.165) is 24.5 Å². The lowest BCUT2D eigenvalue weighted by molar-refractivity contribution is -0.110. The Bertz CT molecular complexity index is 779. The Labute approximate surface area is 137 Å². The van der Waals surface area contributed by atoms with Crippen LogP contribution in [0.3, 0.4) is 0 Å². The van der Waals surface area contributed by atoms with Crippen molar-refractivity contribution in [3.05, 3.63) is 57.5 Å². The molecule has 5 N–H and O–H groups in total. The number of hydrogen-bond donors (Lipinski definition) is 3. The molecule has 0 spiro atoms. The summed E-state index contributed by atoms with van der Waals surface area (Å²) < 4.78 is 14.0. The highest BCUT2D eigenvalue weighted by Gasteiger charge is 2.25. The molecule has 0 atom stereocenters. The molecule has 1 fully saturated rings. The predicted octanol–water partition coefficient (Wildman–Crippen LogP) is 1.62. The number of allylic oxidation sites excluding steroid dienone is 1. The van der Waals surface area contributed by atoms with E-state index in [4.69, 9.17) is 11.1 Å². The number of amides is 1. The second-order valence-electron chi connectivity index (χ2n) is 5.51. The Morgan fingerprint density at radius 3 is 2.87 bits per heavy atom. The molecule has 3 rings (SSSR count). The van der Waals surface area contributed by atoms with Gasteiger partial charge in [0.15, 0.2) is 0 Å². The van der Waals surface area contributed by atoms with Gasteiger partial charge in [-0.15, -0.1) is 0 Å². The van der Waals surface area contributed by atoms with Gasteiger partial charge in [0, 0.05) is 17.7 Å². The number of thiophene rings is 1. The molecule has 1 aliphatic carbocycles. The summed E-state index contributed by atoms with van der Waals surface area (Å²) in [7, 11) is 0. The number of rotatable bonds is 5. The number of carbonyl (C=O) groups excluding carboxylic acids is 1. The van der Waals surface area contributed by atoms with Crippen LogP contribution in [0.1, 0.15) is 34.3 Å². The van der Waals surface area contributed by atoms with Crippen molar-refractivity contribution < 1.29 is 14.6 Å². The largest absolute Gasteiger partial charge is 0.396 e. The molecular formula is C17H17FN3OS+. The Morgan fingerprint density at radius 1 is 1.43 bits per heavy atom. The molecule has 1 saturated carbocycles. The normalized spacial score (nSPS) is 14.1. The molecule has 0 saturated heterocycles. The van der Waals surface area contributed by atoms with Gasteiger partial charge in [-0.1, -0.05) is 0 Å². The standard InChI is InChI=1S/C17H16FN3OS/c18-14-8-11(17(22)21-12-2-3-12)7-13(16(14)20)15(19)4-1-10-5-6-23-9-10/h1,4-9,12,19H,2-3,20H2,(H,21,22)/p+1/b4-1+,19-15?. The Morgan fingerprint density at radius 2 is 2.22 bits per heavy atom. The molecule has 23 heavy (non-hydrogen) atoms. The number of halogens is 1. The zero-order chi connectivity index (χ0) is 16.4. The monoisotopic (exact) mass is 330 g/mol. The molecule has 6 heteroatoms. The van der Waals surface area contributed by atoms with Crippen LogP contribution in [0.2, 0.25) is 0 Å². The van der Waals surface area contributed by atoms with Gasteiger partial charge in [-0.2, -0.15) is 11.3 Å². The highest BCUT2D eigenvalue weighted by atomic mass is 32.1. The lowest BCUT2D eigenvalue weighted by Crippen LogP contribution is -2.39. The lowest BCUT2D eigenvalue weighted by atomic mass is 10.0. The van der Waals surface area contributed by atoms with E-state index in [9.17, 15) is 9.18 Å². The van der Waals surface area contributed by atoms with Crippen molar-refractivity contribution in [2.75, 3.05) is 5.73 Å². The number of nitrogens with one attached hydrogen (secondary N) is 1. The quantitative estimate of drug-likeness (QED) is 0.575. The van der Waals surface area contributed by atoms with Crippen LogP contribution in [0.15, 0.2) is 35.0 Å². The van der Waals surface area contributed by atoms with E-state index in [1.165, 1.54) is 6.07 Å². The first-order valence-corrected chi connectivity index (χ1v) is 8.22. The van der Waals surface area contributed by atoms with Gasteiger partial charge in [-0.25, -0.2) is 4.39 Å². The van der Waals surface area contributed by atoms with Gasteiger partial charge < -0.3 is 11.1 Å². The van der Waals surface area contributed by atoms with Crippen LogP contribution in [0.25, 0.3) is 6.08 Å². The van der Waals surface area contributed by atoms with Crippen LogP contribution in [0, 0.1) is 5.82 Å². The second kappa shape index (κ2) is 6.34. The SMILES string of the molecule is Nc1c(F)cc(C(=O)NC2CC2)cc1C(=[NH2+])/C=C/c1ccsc1. The van der Waals surface area contributed by atoms with E-state index in [2.05, 4.69) is 5.32 Å². The van der Waals surface area contributed by atoms with Crippen molar-refractivity contribution in [2.45, 2.75) is 18.9 Å². The van der Waals surface area contributed by atoms with Crippen LogP contribution in [0.4, 0.5) is 10.1 Å². The molecule has 0 bridgehead atoms. The van der Waals surface area contributed by atoms with Gasteiger partial charge in [0.05, 0.1) is 11.3 Å². The van der Waals surface area contributed by atoms with Crippen LogP contribution < -0.4 is 16.5 Å². The van der Waals surface area contributed by atoms with Gasteiger partial charge in [0.2, 0.25) is 5.71 Å². The van der Waals surface area contributed by atoms with E-state index < -0.39 is 5.82 Å². The summed E-state index contributed by atoms with van der Waals surface area (Å²) in [6.07, 6.45) is 5.41. The van der Waals surface area contributed by atoms with E-state index in [0.29, 0.717) is 11.3 Å². The van der Waals surface area contributed by atoms with Crippen molar-refractivity contribution in [3.8, 4) is 0 Å². The van der Waals surface area contributed by atoms with Crippen LogP contribution >= 0.6 is 11.3 Å². The van der Waals surface area contributed by atoms with Gasteiger partial charge >= 0.3 is 0 Å². The lowest BCUT2D eigenvalue weighted by Gasteiger charge is -2.08. The molecule has 4 nitrogen and oxygen atoms in total. The summed E-state index contributed by atoms with van der Waals surface area (Å²) in [4.78, 5) is 12.1. The number of benzene rings is 1. The second-order valence-corrected chi connectivity index (χ2v) is 6.29. The fourth-order valence-electron chi connectivity index (χ4n) is 2.13. The Balaban J connectivity index is 1.86. The molecule has 1 aliphatic rings. The third-order valence-corrected chi connectivity index (χ3v) is 4.32. The number of hydrogen-bond acceptors (Lipinski definition) is 3. The van der Waals surface area contributed by atoms with Crippen molar-refractivity contribution in [1.29, 1.82) is 0 Å². The summed E-state index contributed by atoms with van der Waals surface area (Å²) in [6.45, 7) is 0. The van der Waals surface area contributed by atoms with Gasteiger partial charge in [-0.05, 0) is 53.4 Å². The van der Waals surface area contributed by atoms with Crippen LogP contribution in [-0.4, -0.2) is 17.7 Å². The first-order chi connectivity index (χ1) is 11.0. The van der Waals surface area contributed by atoms with Crippen molar-refractivity contribution in [3.63, 3.8) is 0 Å². The van der Waals surface area contributed by atoms with E-state index in [1.54, 1.807) is 17.4 Å². The summed E-state index contributed by atoms with van der Waals surface area (Å²) in [5.74, 6) is -0.947. The third-order valence-electron chi connectivity index (χ3n) is 3.61. The smallest absolute Gasteiger partial charge is 0.251 e. The topological polar surface area (TPSA) is 80.7 Å². The van der Waals surface area contributed by atoms with Crippen molar-refractivity contribution >= 4 is 34.7 Å². The highest BCUT2D eigenvalue weighted by Crippen LogP contribution is 2.22. The fourth-order valence-corrected chi connectivity index (χ4v) is 2.76. The first kappa shape index (κ1) is 15.4. The molecule has 2 aromatic rings. The Kier molecular flexibility index (Phi) is 4.25. The molecule has 0 unspecified atom stereocenters. The maximum Gasteiger partial charge on any atom is 0.251 e. The number of anilines is 1. The van der Waals surface area contributed by atoms with Crippen LogP contribution in [0.5, 0.6) is 0 Å². The van der Waals surface area contributed by atoms with Crippen molar-refractivity contribution in [2.24, 2.45) is 0 Å². The fraction of sp³-hybridized carbons (Fsp3) is 0.176. The maximum absolute atomic E-state index is 14.0. The molecule has 1 aromatic heterocycles. The third kappa shape index (κ3) is 3.65. The number of nitrogens with two attached hydrogens (primary N) is 2.